The van der Waals surface area contributed by atoms with Crippen LogP contribution < -0.4 is 10.6 Å². The number of amides is 1. The number of rotatable bonds is 12. The van der Waals surface area contributed by atoms with Crippen molar-refractivity contribution in [1.29, 1.82) is 0 Å². The number of amidine groups is 1. The summed E-state index contributed by atoms with van der Waals surface area (Å²) >= 11 is 0. The van der Waals surface area contributed by atoms with Crippen LogP contribution in [0, 0.1) is 12.8 Å². The molecular weight excluding hydrogens is 578 g/mol. The predicted molar refractivity (Wildman–Crippen MR) is 205 cm³/mol. The maximum atomic E-state index is 13.4. The van der Waals surface area contributed by atoms with Crippen molar-refractivity contribution in [3.63, 3.8) is 0 Å². The van der Waals surface area contributed by atoms with Crippen LogP contribution in [0.4, 0.5) is 0 Å². The highest BCUT2D eigenvalue weighted by Gasteiger charge is 2.20. The molecule has 5 nitrogen and oxygen atoms in total. The molecule has 252 valence electrons. The number of carbonyl (C=O) groups is 1. The number of aliphatic imine (C=N–C) groups is 1. The van der Waals surface area contributed by atoms with E-state index in [9.17, 15) is 9.90 Å². The van der Waals surface area contributed by atoms with E-state index in [1.807, 2.05) is 108 Å². The number of carbonyl (C=O) groups excluding carboxylic acids is 1. The molecule has 0 heterocycles. The minimum Gasteiger partial charge on any atom is -0.508 e. The van der Waals surface area contributed by atoms with E-state index in [0.717, 1.165) is 46.2 Å². The molecule has 3 rings (SSSR count). The molecule has 0 unspecified atom stereocenters. The van der Waals surface area contributed by atoms with Crippen molar-refractivity contribution in [2.75, 3.05) is 7.05 Å². The zero-order chi connectivity index (χ0) is 35.5. The molecule has 5 heteroatoms. The molecule has 0 bridgehead atoms. The Hall–Kier alpha value is -4.64. The zero-order valence-electron chi connectivity index (χ0n) is 30.4. The average Bonchev–Trinajstić information content (AvgIpc) is 3.08. The maximum Gasteiger partial charge on any atom is 0.251 e. The number of allylic oxidation sites excluding steroid dienone is 4. The molecule has 0 radical (unpaired) electrons. The van der Waals surface area contributed by atoms with Crippen LogP contribution in [0.2, 0.25) is 0 Å². The highest BCUT2D eigenvalue weighted by molar-refractivity contribution is 6.06. The Morgan fingerprint density at radius 1 is 0.936 bits per heavy atom. The number of nitrogens with zero attached hydrogens (tertiary/aromatic N) is 1. The third-order valence-corrected chi connectivity index (χ3v) is 7.27. The summed E-state index contributed by atoms with van der Waals surface area (Å²) in [6.07, 6.45) is 7.88. The second kappa shape index (κ2) is 21.2. The van der Waals surface area contributed by atoms with Gasteiger partial charge in [-0.15, -0.1) is 0 Å². The Kier molecular flexibility index (Phi) is 18.2. The quantitative estimate of drug-likeness (QED) is 0.0802. The van der Waals surface area contributed by atoms with Gasteiger partial charge in [0.05, 0.1) is 6.04 Å². The van der Waals surface area contributed by atoms with Crippen LogP contribution in [0.15, 0.2) is 114 Å². The van der Waals surface area contributed by atoms with Gasteiger partial charge in [-0.1, -0.05) is 140 Å². The van der Waals surface area contributed by atoms with E-state index in [0.29, 0.717) is 28.6 Å². The van der Waals surface area contributed by atoms with Crippen LogP contribution in [0.25, 0.3) is 16.9 Å². The second-order valence-electron chi connectivity index (χ2n) is 11.0. The first-order chi connectivity index (χ1) is 22.6. The van der Waals surface area contributed by atoms with E-state index >= 15 is 0 Å². The lowest BCUT2D eigenvalue weighted by molar-refractivity contribution is 0.0934. The number of aryl methyl sites for hydroxylation is 1. The number of nitrogens with one attached hydrogen (secondary N) is 2. The SMILES string of the molecule is C=C(/C=C(\C=C/C)C(C)C)NC(=NC)c1ccc(C)cc1-c1ccc(C(=O)N[C@H](CCC)c2ccccc2)cc1C(=C)O.CC.CC. The minimum absolute atomic E-state index is 0.108. The summed E-state index contributed by atoms with van der Waals surface area (Å²) in [7, 11) is 1.73. The third kappa shape index (κ3) is 11.9. The summed E-state index contributed by atoms with van der Waals surface area (Å²) < 4.78 is 0. The van der Waals surface area contributed by atoms with Gasteiger partial charge < -0.3 is 15.7 Å². The molecule has 3 N–H and O–H groups in total. The van der Waals surface area contributed by atoms with E-state index in [4.69, 9.17) is 0 Å². The molecule has 0 aliphatic rings. The fourth-order valence-corrected chi connectivity index (χ4v) is 5.02. The standard InChI is InChI=1S/C38H45N3O2.2C2H6/c1-9-14-30(25(3)4)23-27(6)40-37(39-8)33-20-18-26(5)22-35(33)32-21-19-31(24-34(32)28(7)42)38(43)41-36(15-10-2)29-16-12-11-13-17-29;2*1-2/h9,11-14,16-25,36,42H,6-7,10,15H2,1-5,8H3,(H,39,40)(H,41,43);2*1-2H3/b14-9-,30-23+;;/t36-;;/m1../s1. The second-order valence-corrected chi connectivity index (χ2v) is 11.0. The van der Waals surface area contributed by atoms with Crippen molar-refractivity contribution in [3.8, 4) is 11.1 Å². The average molecular weight is 636 g/mol. The molecule has 0 aliphatic carbocycles. The van der Waals surface area contributed by atoms with Gasteiger partial charge in [-0.2, -0.15) is 0 Å². The van der Waals surface area contributed by atoms with E-state index in [1.54, 1.807) is 19.2 Å². The van der Waals surface area contributed by atoms with Gasteiger partial charge in [0.25, 0.3) is 5.91 Å². The maximum absolute atomic E-state index is 13.4. The number of aliphatic hydroxyl groups is 1. The smallest absolute Gasteiger partial charge is 0.251 e. The first-order valence-corrected chi connectivity index (χ1v) is 16.9. The Morgan fingerprint density at radius 3 is 2.15 bits per heavy atom. The van der Waals surface area contributed by atoms with Gasteiger partial charge in [-0.25, -0.2) is 0 Å². The fourth-order valence-electron chi connectivity index (χ4n) is 5.02. The number of hydrogen-bond acceptors (Lipinski definition) is 3. The summed E-state index contributed by atoms with van der Waals surface area (Å²) in [5.74, 6) is 0.656. The van der Waals surface area contributed by atoms with Crippen LogP contribution in [0.1, 0.15) is 107 Å². The summed E-state index contributed by atoms with van der Waals surface area (Å²) in [5, 5.41) is 17.3. The highest BCUT2D eigenvalue weighted by Crippen LogP contribution is 2.33. The van der Waals surface area contributed by atoms with Crippen LogP contribution in [0.5, 0.6) is 0 Å². The summed E-state index contributed by atoms with van der Waals surface area (Å²) in [6.45, 7) is 26.5. The third-order valence-electron chi connectivity index (χ3n) is 7.27. The lowest BCUT2D eigenvalue weighted by Gasteiger charge is -2.20. The number of benzene rings is 3. The monoisotopic (exact) mass is 635 g/mol. The summed E-state index contributed by atoms with van der Waals surface area (Å²) in [5.41, 5.74) is 7.35. The van der Waals surface area contributed by atoms with Crippen LogP contribution in [0.3, 0.4) is 0 Å². The fraction of sp³-hybridized carbons (Fsp3) is 0.333. The molecule has 1 amide bonds. The van der Waals surface area contributed by atoms with Gasteiger partial charge >= 0.3 is 0 Å². The van der Waals surface area contributed by atoms with Crippen molar-refractivity contribution >= 4 is 17.5 Å². The number of aliphatic hydroxyl groups excluding tert-OH is 1. The topological polar surface area (TPSA) is 73.7 Å². The van der Waals surface area contributed by atoms with E-state index < -0.39 is 0 Å². The molecule has 0 aromatic heterocycles. The molecule has 0 spiro atoms. The molecule has 0 aliphatic heterocycles. The molecular formula is C42H57N3O2. The molecule has 47 heavy (non-hydrogen) atoms. The van der Waals surface area contributed by atoms with E-state index in [1.165, 1.54) is 0 Å². The predicted octanol–water partition coefficient (Wildman–Crippen LogP) is 11.2. The Bertz CT molecular complexity index is 1550. The van der Waals surface area contributed by atoms with Gasteiger partial charge in [-0.3, -0.25) is 9.79 Å². The molecule has 3 aromatic rings. The molecule has 0 saturated carbocycles. The van der Waals surface area contributed by atoms with Crippen molar-refractivity contribution < 1.29 is 9.90 Å². The normalized spacial score (nSPS) is 12.0. The summed E-state index contributed by atoms with van der Waals surface area (Å²) in [6, 6.07) is 21.3. The van der Waals surface area contributed by atoms with Gasteiger partial charge in [-0.05, 0) is 66.7 Å². The van der Waals surface area contributed by atoms with Crippen molar-refractivity contribution in [2.24, 2.45) is 10.9 Å². The van der Waals surface area contributed by atoms with Gasteiger partial charge in [0.1, 0.15) is 11.6 Å². The van der Waals surface area contributed by atoms with E-state index in [2.05, 4.69) is 55.6 Å². The molecule has 1 atom stereocenters. The lowest BCUT2D eigenvalue weighted by atomic mass is 9.91. The lowest BCUT2D eigenvalue weighted by Crippen LogP contribution is -2.28. The molecule has 0 fully saturated rings. The van der Waals surface area contributed by atoms with Gasteiger partial charge in [0, 0.05) is 29.4 Å². The van der Waals surface area contributed by atoms with Crippen LogP contribution >= 0.6 is 0 Å². The van der Waals surface area contributed by atoms with Gasteiger partial charge in [0.2, 0.25) is 0 Å². The first kappa shape index (κ1) is 40.4. The molecule has 0 saturated heterocycles. The summed E-state index contributed by atoms with van der Waals surface area (Å²) in [4.78, 5) is 18.0. The number of hydrogen-bond donors (Lipinski definition) is 3. The Balaban J connectivity index is 0.00000265. The minimum atomic E-state index is -0.205. The van der Waals surface area contributed by atoms with Crippen LogP contribution in [-0.4, -0.2) is 23.9 Å². The Labute approximate surface area is 285 Å². The van der Waals surface area contributed by atoms with Gasteiger partial charge in [0.15, 0.2) is 0 Å². The highest BCUT2D eigenvalue weighted by atomic mass is 16.3. The van der Waals surface area contributed by atoms with E-state index in [-0.39, 0.29) is 17.7 Å². The molecule has 3 aromatic carbocycles. The first-order valence-electron chi connectivity index (χ1n) is 16.9. The van der Waals surface area contributed by atoms with Crippen LogP contribution in [-0.2, 0) is 0 Å². The largest absolute Gasteiger partial charge is 0.508 e. The Morgan fingerprint density at radius 2 is 1.60 bits per heavy atom. The van der Waals surface area contributed by atoms with Crippen molar-refractivity contribution in [1.82, 2.24) is 10.6 Å². The van der Waals surface area contributed by atoms with Crippen molar-refractivity contribution in [2.45, 2.75) is 81.2 Å². The zero-order valence-corrected chi connectivity index (χ0v) is 30.4. The van der Waals surface area contributed by atoms with Crippen molar-refractivity contribution in [3.05, 3.63) is 137 Å².